The van der Waals surface area contributed by atoms with E-state index in [0.29, 0.717) is 5.16 Å². The molecule has 0 unspecified atom stereocenters. The second-order valence-electron chi connectivity index (χ2n) is 7.91. The molecule has 1 atom stereocenters. The van der Waals surface area contributed by atoms with E-state index >= 15 is 0 Å². The zero-order valence-electron chi connectivity index (χ0n) is 18.3. The summed E-state index contributed by atoms with van der Waals surface area (Å²) in [7, 11) is 4.10. The molecule has 1 aromatic heterocycles. The van der Waals surface area contributed by atoms with Gasteiger partial charge in [-0.05, 0) is 74.7 Å². The van der Waals surface area contributed by atoms with Crippen molar-refractivity contribution >= 4 is 17.5 Å². The maximum Gasteiger partial charge on any atom is 0.196 e. The number of nitrogens with zero attached hydrogens (tertiary/aromatic N) is 3. The van der Waals surface area contributed by atoms with Gasteiger partial charge in [0.25, 0.3) is 0 Å². The smallest absolute Gasteiger partial charge is 0.196 e. The van der Waals surface area contributed by atoms with Crippen molar-refractivity contribution in [3.63, 3.8) is 0 Å². The lowest BCUT2D eigenvalue weighted by molar-refractivity contribution is -0.890. The zero-order chi connectivity index (χ0) is 22.0. The number of rotatable bonds is 7. The fourth-order valence-corrected chi connectivity index (χ4v) is 4.06. The van der Waals surface area contributed by atoms with Crippen LogP contribution in [0.2, 0.25) is 0 Å². The fraction of sp³-hybridized carbons (Fsp3) is 0.348. The number of nitrogens with one attached hydrogen (secondary N) is 1. The minimum atomic E-state index is -0.297. The van der Waals surface area contributed by atoms with Crippen LogP contribution in [-0.2, 0) is 0 Å². The van der Waals surface area contributed by atoms with Crippen molar-refractivity contribution in [3.8, 4) is 5.69 Å². The summed E-state index contributed by atoms with van der Waals surface area (Å²) in [6.07, 6.45) is 0. The van der Waals surface area contributed by atoms with Crippen molar-refractivity contribution < 1.29 is 14.1 Å². The molecule has 1 N–H and O–H groups in total. The molecule has 158 valence electrons. The molecule has 1 heterocycles. The minimum Gasteiger partial charge on any atom is -0.331 e. The van der Waals surface area contributed by atoms with Gasteiger partial charge < -0.3 is 4.90 Å². The summed E-state index contributed by atoms with van der Waals surface area (Å²) in [4.78, 5) is 14.1. The first kappa shape index (κ1) is 22.2. The van der Waals surface area contributed by atoms with Crippen LogP contribution in [0.5, 0.6) is 0 Å². The number of thioether (sulfide) groups is 1. The van der Waals surface area contributed by atoms with Gasteiger partial charge in [0.15, 0.2) is 16.8 Å². The summed E-state index contributed by atoms with van der Waals surface area (Å²) in [5.41, 5.74) is 4.78. The van der Waals surface area contributed by atoms with E-state index in [0.717, 1.165) is 28.2 Å². The monoisotopic (exact) mass is 427 g/mol. The van der Waals surface area contributed by atoms with Crippen LogP contribution in [0.4, 0.5) is 4.39 Å². The Bertz CT molecular complexity index is 1060. The Morgan fingerprint density at radius 2 is 1.70 bits per heavy atom. The van der Waals surface area contributed by atoms with E-state index in [1.165, 1.54) is 34.4 Å². The second kappa shape index (κ2) is 9.10. The predicted octanol–water partition coefficient (Wildman–Crippen LogP) is 3.51. The molecule has 0 saturated carbocycles. The third kappa shape index (κ3) is 4.63. The molecule has 0 aliphatic heterocycles. The van der Waals surface area contributed by atoms with E-state index in [9.17, 15) is 9.18 Å². The van der Waals surface area contributed by atoms with E-state index in [-0.39, 0.29) is 23.4 Å². The third-order valence-corrected chi connectivity index (χ3v) is 6.40. The zero-order valence-corrected chi connectivity index (χ0v) is 19.1. The molecule has 0 radical (unpaired) electrons. The van der Waals surface area contributed by atoms with Crippen LogP contribution >= 0.6 is 11.8 Å². The van der Waals surface area contributed by atoms with E-state index < -0.39 is 0 Å². The maximum absolute atomic E-state index is 13.5. The quantitative estimate of drug-likeness (QED) is 0.463. The van der Waals surface area contributed by atoms with E-state index in [1.54, 1.807) is 12.1 Å². The highest BCUT2D eigenvalue weighted by molar-refractivity contribution is 7.99. The van der Waals surface area contributed by atoms with Crippen LogP contribution in [0.3, 0.4) is 0 Å². The summed E-state index contributed by atoms with van der Waals surface area (Å²) in [6, 6.07) is 10.3. The molecule has 7 heteroatoms. The number of ketones is 1. The number of aryl methyl sites for hydroxylation is 3. The second-order valence-corrected chi connectivity index (χ2v) is 8.86. The fourth-order valence-electron chi connectivity index (χ4n) is 3.21. The van der Waals surface area contributed by atoms with Crippen molar-refractivity contribution in [3.05, 3.63) is 70.3 Å². The number of Topliss-reactive ketones (excluding diaryl/α,β-unsaturated/α-hetero) is 1. The first-order valence-corrected chi connectivity index (χ1v) is 10.9. The Morgan fingerprint density at radius 3 is 2.33 bits per heavy atom. The first-order chi connectivity index (χ1) is 14.2. The lowest BCUT2D eigenvalue weighted by Gasteiger charge is -2.18. The molecule has 0 saturated heterocycles. The summed E-state index contributed by atoms with van der Waals surface area (Å²) >= 11 is 1.35. The van der Waals surface area contributed by atoms with Crippen molar-refractivity contribution in [1.82, 2.24) is 14.8 Å². The summed E-state index contributed by atoms with van der Waals surface area (Å²) in [5, 5.41) is 9.38. The third-order valence-electron chi connectivity index (χ3n) is 5.47. The molecule has 0 amide bonds. The topological polar surface area (TPSA) is 52.2 Å². The van der Waals surface area contributed by atoms with Crippen LogP contribution in [0.25, 0.3) is 5.69 Å². The Balaban J connectivity index is 1.92. The molecule has 3 aromatic rings. The van der Waals surface area contributed by atoms with Crippen LogP contribution in [-0.4, -0.2) is 40.4 Å². The summed E-state index contributed by atoms with van der Waals surface area (Å²) < 4.78 is 15.4. The Kier molecular flexibility index (Phi) is 6.73. The van der Waals surface area contributed by atoms with Gasteiger partial charge >= 0.3 is 0 Å². The average molecular weight is 428 g/mol. The first-order valence-electron chi connectivity index (χ1n) is 9.94. The molecule has 5 nitrogen and oxygen atoms in total. The van der Waals surface area contributed by atoms with Gasteiger partial charge in [-0.15, -0.1) is 10.2 Å². The van der Waals surface area contributed by atoms with Crippen LogP contribution in [0, 0.1) is 26.6 Å². The summed E-state index contributed by atoms with van der Waals surface area (Å²) in [6.45, 7) is 8.09. The van der Waals surface area contributed by atoms with Gasteiger partial charge in [-0.1, -0.05) is 17.8 Å². The summed E-state index contributed by atoms with van der Waals surface area (Å²) in [5.74, 6) is 0.793. The van der Waals surface area contributed by atoms with Crippen molar-refractivity contribution in [2.24, 2.45) is 0 Å². The largest absolute Gasteiger partial charge is 0.331 e. The van der Waals surface area contributed by atoms with Gasteiger partial charge in [-0.3, -0.25) is 9.36 Å². The molecule has 30 heavy (non-hydrogen) atoms. The molecule has 0 aliphatic carbocycles. The van der Waals surface area contributed by atoms with E-state index in [2.05, 4.69) is 17.1 Å². The number of aromatic nitrogens is 3. The number of carbonyl (C=O) groups excluding carboxylic acids is 1. The number of hydrogen-bond acceptors (Lipinski definition) is 4. The highest BCUT2D eigenvalue weighted by Crippen LogP contribution is 2.26. The lowest BCUT2D eigenvalue weighted by Crippen LogP contribution is -3.05. The molecule has 0 spiro atoms. The normalized spacial score (nSPS) is 12.4. The van der Waals surface area contributed by atoms with Crippen LogP contribution < -0.4 is 4.90 Å². The van der Waals surface area contributed by atoms with Gasteiger partial charge in [0.1, 0.15) is 11.9 Å². The number of hydrogen-bond donors (Lipinski definition) is 1. The van der Waals surface area contributed by atoms with Gasteiger partial charge in [-0.25, -0.2) is 4.39 Å². The van der Waals surface area contributed by atoms with E-state index in [4.69, 9.17) is 0 Å². The average Bonchev–Trinajstić information content (AvgIpc) is 3.12. The Morgan fingerprint density at radius 1 is 1.07 bits per heavy atom. The number of halogens is 1. The van der Waals surface area contributed by atoms with E-state index in [1.807, 2.05) is 51.6 Å². The number of benzene rings is 2. The van der Waals surface area contributed by atoms with Crippen molar-refractivity contribution in [2.75, 3.05) is 19.8 Å². The Labute approximate surface area is 181 Å². The van der Waals surface area contributed by atoms with Crippen LogP contribution in [0.15, 0.2) is 41.6 Å². The maximum atomic E-state index is 13.5. The molecular formula is C23H28FN4OS+. The van der Waals surface area contributed by atoms with Gasteiger partial charge in [0.05, 0.1) is 19.8 Å². The van der Waals surface area contributed by atoms with Crippen molar-refractivity contribution in [1.29, 1.82) is 0 Å². The number of carbonyl (C=O) groups is 1. The van der Waals surface area contributed by atoms with Gasteiger partial charge in [-0.2, -0.15) is 0 Å². The SMILES string of the molecule is Cc1cc(C)c(C(=O)CSc2nnc([C@H](C)[NH+](C)C)n2-c2ccc(F)cc2)cc1C. The van der Waals surface area contributed by atoms with Gasteiger partial charge in [0.2, 0.25) is 0 Å². The standard InChI is InChI=1S/C23H27FN4OS/c1-14-11-16(3)20(12-15(14)2)21(29)13-30-23-26-25-22(17(4)27(5)6)28(23)19-9-7-18(24)8-10-19/h7-12,17H,13H2,1-6H3/p+1/t17-/m0/s1. The van der Waals surface area contributed by atoms with Gasteiger partial charge in [0, 0.05) is 11.3 Å². The molecule has 3 rings (SSSR count). The molecule has 0 aliphatic rings. The molecule has 0 bridgehead atoms. The molecular weight excluding hydrogens is 399 g/mol. The Hall–Kier alpha value is -2.51. The predicted molar refractivity (Wildman–Crippen MR) is 118 cm³/mol. The highest BCUT2D eigenvalue weighted by Gasteiger charge is 2.24. The molecule has 0 fully saturated rings. The minimum absolute atomic E-state index is 0.0575. The van der Waals surface area contributed by atoms with Crippen LogP contribution in [0.1, 0.15) is 45.8 Å². The number of quaternary nitrogens is 1. The highest BCUT2D eigenvalue weighted by atomic mass is 32.2. The molecule has 2 aromatic carbocycles. The van der Waals surface area contributed by atoms with Crippen molar-refractivity contribution in [2.45, 2.75) is 38.9 Å². The lowest BCUT2D eigenvalue weighted by atomic mass is 9.99.